The Balaban J connectivity index is 2.41. The molecule has 0 radical (unpaired) electrons. The quantitative estimate of drug-likeness (QED) is 0.735. The highest BCUT2D eigenvalue weighted by Gasteiger charge is 2.32. The molecule has 2 heteroatoms. The minimum Gasteiger partial charge on any atom is -0.329 e. The van der Waals surface area contributed by atoms with E-state index in [1.807, 2.05) is 0 Å². The van der Waals surface area contributed by atoms with Gasteiger partial charge < -0.3 is 11.1 Å². The largest absolute Gasteiger partial charge is 0.329 e. The van der Waals surface area contributed by atoms with E-state index in [0.29, 0.717) is 12.0 Å². The first-order chi connectivity index (χ1) is 6.87. The van der Waals surface area contributed by atoms with Gasteiger partial charge in [-0.25, -0.2) is 0 Å². The van der Waals surface area contributed by atoms with E-state index in [-0.39, 0.29) is 5.54 Å². The molecular formula is C13H28N2. The molecule has 0 bridgehead atoms. The zero-order chi connectivity index (χ0) is 11.5. The number of nitrogens with one attached hydrogen (secondary N) is 1. The van der Waals surface area contributed by atoms with Crippen molar-refractivity contribution in [3.8, 4) is 0 Å². The van der Waals surface area contributed by atoms with Crippen LogP contribution >= 0.6 is 0 Å². The van der Waals surface area contributed by atoms with Gasteiger partial charge in [-0.1, -0.05) is 26.7 Å². The normalized spacial score (nSPS) is 19.8. The minimum absolute atomic E-state index is 0.0792. The second-order valence-corrected chi connectivity index (χ2v) is 6.41. The highest BCUT2D eigenvalue weighted by Crippen LogP contribution is 2.39. The molecule has 15 heavy (non-hydrogen) atoms. The molecule has 0 spiro atoms. The predicted octanol–water partition coefficient (Wildman–Crippen LogP) is 2.53. The number of hydrogen-bond donors (Lipinski definition) is 2. The maximum absolute atomic E-state index is 5.73. The van der Waals surface area contributed by atoms with Gasteiger partial charge in [0.1, 0.15) is 0 Å². The lowest BCUT2D eigenvalue weighted by atomic mass is 9.77. The van der Waals surface area contributed by atoms with E-state index in [4.69, 9.17) is 5.73 Å². The molecular weight excluding hydrogens is 184 g/mol. The summed E-state index contributed by atoms with van der Waals surface area (Å²) in [5.74, 6) is 0.901. The molecule has 1 fully saturated rings. The van der Waals surface area contributed by atoms with Crippen LogP contribution in [0.3, 0.4) is 0 Å². The van der Waals surface area contributed by atoms with Crippen LogP contribution in [0.5, 0.6) is 0 Å². The van der Waals surface area contributed by atoms with Gasteiger partial charge >= 0.3 is 0 Å². The molecule has 0 aromatic rings. The van der Waals surface area contributed by atoms with E-state index in [0.717, 1.165) is 12.5 Å². The van der Waals surface area contributed by atoms with Crippen LogP contribution in [0.2, 0.25) is 0 Å². The average Bonchev–Trinajstić information content (AvgIpc) is 2.69. The highest BCUT2D eigenvalue weighted by molar-refractivity contribution is 4.87. The van der Waals surface area contributed by atoms with E-state index in [2.05, 4.69) is 33.0 Å². The summed E-state index contributed by atoms with van der Waals surface area (Å²) in [7, 11) is 0. The predicted molar refractivity (Wildman–Crippen MR) is 66.9 cm³/mol. The Morgan fingerprint density at radius 1 is 1.13 bits per heavy atom. The summed E-state index contributed by atoms with van der Waals surface area (Å²) in [4.78, 5) is 0. The smallest absolute Gasteiger partial charge is 0.0247 e. The second kappa shape index (κ2) is 4.84. The highest BCUT2D eigenvalue weighted by atomic mass is 15.0. The van der Waals surface area contributed by atoms with Crippen LogP contribution < -0.4 is 11.1 Å². The van der Waals surface area contributed by atoms with Crippen LogP contribution in [0.15, 0.2) is 0 Å². The number of nitrogens with two attached hydrogens (primary N) is 1. The molecule has 0 unspecified atom stereocenters. The van der Waals surface area contributed by atoms with Gasteiger partial charge in [0.25, 0.3) is 0 Å². The summed E-state index contributed by atoms with van der Waals surface area (Å²) in [6, 6.07) is 0. The lowest BCUT2D eigenvalue weighted by Crippen LogP contribution is -2.50. The van der Waals surface area contributed by atoms with E-state index < -0.39 is 0 Å². The molecule has 1 rings (SSSR count). The Labute approximate surface area is 95.0 Å². The molecule has 1 saturated carbocycles. The molecule has 0 aromatic carbocycles. The Hall–Kier alpha value is -0.0800. The average molecular weight is 212 g/mol. The summed E-state index contributed by atoms with van der Waals surface area (Å²) in [5, 5.41) is 3.60. The first kappa shape index (κ1) is 13.0. The first-order valence-electron chi connectivity index (χ1n) is 6.32. The Morgan fingerprint density at radius 2 is 1.67 bits per heavy atom. The summed E-state index contributed by atoms with van der Waals surface area (Å²) in [5.41, 5.74) is 6.23. The number of hydrogen-bond acceptors (Lipinski definition) is 2. The van der Waals surface area contributed by atoms with Gasteiger partial charge in [0.05, 0.1) is 0 Å². The van der Waals surface area contributed by atoms with Crippen molar-refractivity contribution < 1.29 is 0 Å². The molecule has 3 N–H and O–H groups in total. The maximum atomic E-state index is 5.73. The lowest BCUT2D eigenvalue weighted by molar-refractivity contribution is 0.187. The Kier molecular flexibility index (Phi) is 4.19. The molecule has 0 atom stereocenters. The van der Waals surface area contributed by atoms with Crippen LogP contribution in [0, 0.1) is 11.3 Å². The van der Waals surface area contributed by atoms with Crippen LogP contribution in [-0.2, 0) is 0 Å². The standard InChI is InChI=1S/C13H28N2/c1-12(2,11-7-5-6-8-11)10-15-13(3,4)9-14/h11,15H,5-10,14H2,1-4H3. The van der Waals surface area contributed by atoms with Crippen LogP contribution in [0.1, 0.15) is 53.4 Å². The maximum Gasteiger partial charge on any atom is 0.0247 e. The fourth-order valence-electron chi connectivity index (χ4n) is 2.39. The van der Waals surface area contributed by atoms with Crippen molar-refractivity contribution in [2.45, 2.75) is 58.9 Å². The van der Waals surface area contributed by atoms with Crippen LogP contribution in [-0.4, -0.2) is 18.6 Å². The van der Waals surface area contributed by atoms with E-state index >= 15 is 0 Å². The molecule has 0 saturated heterocycles. The lowest BCUT2D eigenvalue weighted by Gasteiger charge is -2.36. The molecule has 0 heterocycles. The first-order valence-corrected chi connectivity index (χ1v) is 6.32. The van der Waals surface area contributed by atoms with Crippen LogP contribution in [0.25, 0.3) is 0 Å². The molecule has 2 nitrogen and oxygen atoms in total. The molecule has 0 aliphatic heterocycles. The third-order valence-electron chi connectivity index (χ3n) is 3.99. The van der Waals surface area contributed by atoms with E-state index in [9.17, 15) is 0 Å². The molecule has 1 aliphatic rings. The van der Waals surface area contributed by atoms with Crippen molar-refractivity contribution in [2.24, 2.45) is 17.1 Å². The van der Waals surface area contributed by atoms with Gasteiger partial charge in [0.2, 0.25) is 0 Å². The Bertz CT molecular complexity index is 191. The molecule has 90 valence electrons. The number of rotatable bonds is 5. The monoisotopic (exact) mass is 212 g/mol. The van der Waals surface area contributed by atoms with Crippen molar-refractivity contribution in [2.75, 3.05) is 13.1 Å². The van der Waals surface area contributed by atoms with Crippen molar-refractivity contribution in [3.63, 3.8) is 0 Å². The van der Waals surface area contributed by atoms with Gasteiger partial charge in [0, 0.05) is 18.6 Å². The van der Waals surface area contributed by atoms with Crippen molar-refractivity contribution >= 4 is 0 Å². The van der Waals surface area contributed by atoms with Gasteiger partial charge in [-0.2, -0.15) is 0 Å². The molecule has 0 aromatic heterocycles. The Morgan fingerprint density at radius 3 is 2.13 bits per heavy atom. The summed E-state index contributed by atoms with van der Waals surface area (Å²) in [6.07, 6.45) is 5.68. The van der Waals surface area contributed by atoms with Crippen molar-refractivity contribution in [1.82, 2.24) is 5.32 Å². The fraction of sp³-hybridized carbons (Fsp3) is 1.00. The zero-order valence-electron chi connectivity index (χ0n) is 10.9. The van der Waals surface area contributed by atoms with E-state index in [1.165, 1.54) is 25.7 Å². The topological polar surface area (TPSA) is 38.0 Å². The third kappa shape index (κ3) is 3.76. The summed E-state index contributed by atoms with van der Waals surface area (Å²) < 4.78 is 0. The molecule has 0 amide bonds. The summed E-state index contributed by atoms with van der Waals surface area (Å²) >= 11 is 0. The fourth-order valence-corrected chi connectivity index (χ4v) is 2.39. The van der Waals surface area contributed by atoms with Crippen LogP contribution in [0.4, 0.5) is 0 Å². The second-order valence-electron chi connectivity index (χ2n) is 6.41. The van der Waals surface area contributed by atoms with Crippen molar-refractivity contribution in [3.05, 3.63) is 0 Å². The van der Waals surface area contributed by atoms with Gasteiger partial charge in [0.15, 0.2) is 0 Å². The molecule has 1 aliphatic carbocycles. The van der Waals surface area contributed by atoms with Gasteiger partial charge in [-0.3, -0.25) is 0 Å². The third-order valence-corrected chi connectivity index (χ3v) is 3.99. The van der Waals surface area contributed by atoms with Crippen molar-refractivity contribution in [1.29, 1.82) is 0 Å². The minimum atomic E-state index is 0.0792. The van der Waals surface area contributed by atoms with E-state index in [1.54, 1.807) is 0 Å². The van der Waals surface area contributed by atoms with Gasteiger partial charge in [-0.15, -0.1) is 0 Å². The van der Waals surface area contributed by atoms with Gasteiger partial charge in [-0.05, 0) is 38.0 Å². The zero-order valence-corrected chi connectivity index (χ0v) is 10.9. The SMILES string of the molecule is CC(C)(CN)NCC(C)(C)C1CCCC1. The summed E-state index contributed by atoms with van der Waals surface area (Å²) in [6.45, 7) is 10.9.